The van der Waals surface area contributed by atoms with Crippen molar-refractivity contribution in [3.8, 4) is 5.75 Å². The molecule has 3 aliphatic rings. The third kappa shape index (κ3) is 2.59. The molecule has 1 aliphatic carbocycles. The van der Waals surface area contributed by atoms with E-state index >= 15 is 0 Å². The number of halogens is 1. The summed E-state index contributed by atoms with van der Waals surface area (Å²) < 4.78 is 10.9. The lowest BCUT2D eigenvalue weighted by molar-refractivity contribution is -0.132. The summed E-state index contributed by atoms with van der Waals surface area (Å²) in [6.07, 6.45) is 2.36. The molecule has 0 aromatic heterocycles. The molecular formula is C21H19ClN2O4. The van der Waals surface area contributed by atoms with Crippen LogP contribution in [0.15, 0.2) is 36.4 Å². The van der Waals surface area contributed by atoms with Crippen molar-refractivity contribution in [2.24, 2.45) is 0 Å². The third-order valence-corrected chi connectivity index (χ3v) is 5.95. The Kier molecular flexibility index (Phi) is 4.07. The van der Waals surface area contributed by atoms with E-state index in [1.54, 1.807) is 12.1 Å². The van der Waals surface area contributed by atoms with E-state index in [1.165, 1.54) is 4.90 Å². The Morgan fingerprint density at radius 2 is 2.04 bits per heavy atom. The maximum Gasteiger partial charge on any atom is 0.325 e. The molecule has 2 aromatic carbocycles. The van der Waals surface area contributed by atoms with Gasteiger partial charge in [0, 0.05) is 16.1 Å². The number of carbonyl (C=O) groups excluding carboxylic acids is 2. The van der Waals surface area contributed by atoms with Gasteiger partial charge in [-0.15, -0.1) is 0 Å². The van der Waals surface area contributed by atoms with Gasteiger partial charge < -0.3 is 14.8 Å². The zero-order chi connectivity index (χ0) is 19.3. The molecule has 0 unspecified atom stereocenters. The molecule has 1 N–H and O–H groups in total. The number of aryl methyl sites for hydroxylation is 1. The first kappa shape index (κ1) is 17.5. The quantitative estimate of drug-likeness (QED) is 0.786. The van der Waals surface area contributed by atoms with Gasteiger partial charge >= 0.3 is 6.03 Å². The summed E-state index contributed by atoms with van der Waals surface area (Å²) in [6.45, 7) is 0.636. The van der Waals surface area contributed by atoms with Crippen molar-refractivity contribution in [3.05, 3.63) is 63.7 Å². The van der Waals surface area contributed by atoms with Gasteiger partial charge in [-0.05, 0) is 42.5 Å². The molecule has 1 atom stereocenters. The predicted molar refractivity (Wildman–Crippen MR) is 102 cm³/mol. The van der Waals surface area contributed by atoms with E-state index in [-0.39, 0.29) is 25.3 Å². The highest BCUT2D eigenvalue weighted by Gasteiger charge is 2.53. The summed E-state index contributed by atoms with van der Waals surface area (Å²) in [5.74, 6) is 0.423. The number of imide groups is 1. The molecule has 2 heterocycles. The van der Waals surface area contributed by atoms with Crippen LogP contribution in [0.2, 0.25) is 5.02 Å². The van der Waals surface area contributed by atoms with Crippen molar-refractivity contribution in [1.82, 2.24) is 10.2 Å². The minimum atomic E-state index is -0.978. The molecular weight excluding hydrogens is 380 g/mol. The van der Waals surface area contributed by atoms with E-state index in [0.29, 0.717) is 29.4 Å². The van der Waals surface area contributed by atoms with Crippen LogP contribution in [0.1, 0.15) is 35.1 Å². The summed E-state index contributed by atoms with van der Waals surface area (Å²) in [7, 11) is 0. The number of amides is 3. The summed E-state index contributed by atoms with van der Waals surface area (Å²) in [5.41, 5.74) is 2.56. The van der Waals surface area contributed by atoms with Crippen LogP contribution < -0.4 is 10.1 Å². The normalized spacial score (nSPS) is 23.2. The number of fused-ring (bicyclic) bond motifs is 3. The highest BCUT2D eigenvalue weighted by molar-refractivity contribution is 6.30. The van der Waals surface area contributed by atoms with E-state index in [1.807, 2.05) is 24.3 Å². The van der Waals surface area contributed by atoms with Crippen molar-refractivity contribution in [3.63, 3.8) is 0 Å². The topological polar surface area (TPSA) is 67.9 Å². The Morgan fingerprint density at radius 3 is 2.93 bits per heavy atom. The Balaban J connectivity index is 1.52. The number of carbonyl (C=O) groups is 2. The molecule has 6 nitrogen and oxygen atoms in total. The van der Waals surface area contributed by atoms with Crippen LogP contribution in [0, 0.1) is 0 Å². The molecule has 0 radical (unpaired) electrons. The number of nitrogens with one attached hydrogen (secondary N) is 1. The summed E-state index contributed by atoms with van der Waals surface area (Å²) in [5, 5.41) is 3.50. The molecule has 7 heteroatoms. The highest BCUT2D eigenvalue weighted by atomic mass is 35.5. The molecule has 1 fully saturated rings. The number of ether oxygens (including phenoxy) is 2. The molecule has 3 amide bonds. The number of benzene rings is 2. The third-order valence-electron chi connectivity index (χ3n) is 5.73. The van der Waals surface area contributed by atoms with Crippen molar-refractivity contribution < 1.29 is 19.1 Å². The summed E-state index contributed by atoms with van der Waals surface area (Å²) in [6, 6.07) is 11.0. The minimum absolute atomic E-state index is 0.109. The lowest BCUT2D eigenvalue weighted by atomic mass is 9.76. The van der Waals surface area contributed by atoms with Gasteiger partial charge in [0.2, 0.25) is 0 Å². The summed E-state index contributed by atoms with van der Waals surface area (Å²) in [4.78, 5) is 27.5. The van der Waals surface area contributed by atoms with E-state index in [0.717, 1.165) is 29.5 Å². The van der Waals surface area contributed by atoms with Gasteiger partial charge in [-0.1, -0.05) is 35.9 Å². The maximum absolute atomic E-state index is 13.5. The van der Waals surface area contributed by atoms with E-state index in [2.05, 4.69) is 5.32 Å². The molecule has 1 spiro atoms. The van der Waals surface area contributed by atoms with Gasteiger partial charge in [-0.2, -0.15) is 0 Å². The van der Waals surface area contributed by atoms with Crippen LogP contribution in [0.25, 0.3) is 0 Å². The van der Waals surface area contributed by atoms with Gasteiger partial charge in [0.1, 0.15) is 11.3 Å². The van der Waals surface area contributed by atoms with Crippen LogP contribution >= 0.6 is 11.6 Å². The lowest BCUT2D eigenvalue weighted by Crippen LogP contribution is -2.46. The second-order valence-electron chi connectivity index (χ2n) is 7.40. The van der Waals surface area contributed by atoms with Crippen LogP contribution in [-0.4, -0.2) is 23.6 Å². The fourth-order valence-electron chi connectivity index (χ4n) is 4.50. The smallest absolute Gasteiger partial charge is 0.325 e. The first-order chi connectivity index (χ1) is 13.6. The number of hydrogen-bond acceptors (Lipinski definition) is 4. The Hall–Kier alpha value is -2.57. The average molecular weight is 399 g/mol. The average Bonchev–Trinajstić information content (AvgIpc) is 2.93. The second kappa shape index (κ2) is 6.50. The van der Waals surface area contributed by atoms with E-state index in [9.17, 15) is 9.59 Å². The van der Waals surface area contributed by atoms with Gasteiger partial charge in [-0.25, -0.2) is 4.79 Å². The zero-order valence-electron chi connectivity index (χ0n) is 15.2. The van der Waals surface area contributed by atoms with Crippen molar-refractivity contribution in [2.75, 3.05) is 6.79 Å². The van der Waals surface area contributed by atoms with Gasteiger partial charge in [0.15, 0.2) is 6.79 Å². The number of hydrogen-bond donors (Lipinski definition) is 1. The molecule has 1 saturated heterocycles. The van der Waals surface area contributed by atoms with Gasteiger partial charge in [0.25, 0.3) is 5.91 Å². The fourth-order valence-corrected chi connectivity index (χ4v) is 4.76. The fraction of sp³-hybridized carbons (Fsp3) is 0.333. The lowest BCUT2D eigenvalue weighted by Gasteiger charge is -2.33. The van der Waals surface area contributed by atoms with Gasteiger partial charge in [-0.3, -0.25) is 9.69 Å². The minimum Gasteiger partial charge on any atom is -0.467 e. The van der Waals surface area contributed by atoms with Crippen molar-refractivity contribution >= 4 is 23.5 Å². The molecule has 0 bridgehead atoms. The molecule has 5 rings (SSSR count). The van der Waals surface area contributed by atoms with Crippen LogP contribution in [0.4, 0.5) is 4.79 Å². The maximum atomic E-state index is 13.5. The highest BCUT2D eigenvalue weighted by Crippen LogP contribution is 2.41. The number of urea groups is 1. The number of nitrogens with zero attached hydrogens (tertiary/aromatic N) is 1. The first-order valence-electron chi connectivity index (χ1n) is 9.33. The zero-order valence-corrected chi connectivity index (χ0v) is 15.9. The van der Waals surface area contributed by atoms with E-state index < -0.39 is 5.54 Å². The molecule has 0 saturated carbocycles. The predicted octanol–water partition coefficient (Wildman–Crippen LogP) is 3.49. The van der Waals surface area contributed by atoms with Crippen LogP contribution in [0.5, 0.6) is 5.75 Å². The number of rotatable bonds is 2. The van der Waals surface area contributed by atoms with Crippen LogP contribution in [-0.2, 0) is 34.6 Å². The van der Waals surface area contributed by atoms with E-state index in [4.69, 9.17) is 21.1 Å². The van der Waals surface area contributed by atoms with Crippen molar-refractivity contribution in [1.29, 1.82) is 0 Å². The largest absolute Gasteiger partial charge is 0.467 e. The monoisotopic (exact) mass is 398 g/mol. The van der Waals surface area contributed by atoms with Gasteiger partial charge in [0.05, 0.1) is 13.2 Å². The standard InChI is InChI=1S/C21H19ClN2O4/c22-16-8-14(18-15(9-16)11-27-12-28-18)10-24-19(25)21(23-20(24)26)7-3-5-13-4-1-2-6-17(13)21/h1-2,4,6,8-9H,3,5,7,10-12H2,(H,23,26)/t21-/m0/s1. The van der Waals surface area contributed by atoms with Crippen LogP contribution in [0.3, 0.4) is 0 Å². The molecule has 2 aromatic rings. The molecule has 28 heavy (non-hydrogen) atoms. The Morgan fingerprint density at radius 1 is 1.18 bits per heavy atom. The first-order valence-corrected chi connectivity index (χ1v) is 9.71. The Bertz CT molecular complexity index is 992. The molecule has 2 aliphatic heterocycles. The van der Waals surface area contributed by atoms with Crippen molar-refractivity contribution in [2.45, 2.75) is 38.0 Å². The molecule has 144 valence electrons. The Labute approximate surface area is 167 Å². The summed E-state index contributed by atoms with van der Waals surface area (Å²) >= 11 is 6.23. The second-order valence-corrected chi connectivity index (χ2v) is 7.84. The SMILES string of the molecule is O=C1N[C@]2(CCCc3ccccc32)C(=O)N1Cc1cc(Cl)cc2c1OCOC2.